The van der Waals surface area contributed by atoms with Crippen molar-refractivity contribution < 1.29 is 9.47 Å². The Kier molecular flexibility index (Phi) is 3.41. The third-order valence-electron chi connectivity index (χ3n) is 1.38. The molecule has 0 atom stereocenters. The van der Waals surface area contributed by atoms with Crippen LogP contribution in [0.3, 0.4) is 0 Å². The maximum absolute atomic E-state index is 5.30. The van der Waals surface area contributed by atoms with Gasteiger partial charge in [-0.25, -0.2) is 0 Å². The zero-order valence-electron chi connectivity index (χ0n) is 7.04. The molecular formula is C9H12NO2. The van der Waals surface area contributed by atoms with Crippen molar-refractivity contribution in [1.29, 1.82) is 0 Å². The van der Waals surface area contributed by atoms with E-state index < -0.39 is 0 Å². The zero-order chi connectivity index (χ0) is 8.81. The lowest BCUT2D eigenvalue weighted by Gasteiger charge is -2.08. The summed E-state index contributed by atoms with van der Waals surface area (Å²) in [5, 5.41) is 0. The van der Waals surface area contributed by atoms with Crippen molar-refractivity contribution >= 4 is 0 Å². The van der Waals surface area contributed by atoms with Crippen molar-refractivity contribution in [2.45, 2.75) is 0 Å². The predicted molar refractivity (Wildman–Crippen MR) is 46.4 cm³/mol. The average Bonchev–Trinajstić information content (AvgIpc) is 2.15. The summed E-state index contributed by atoms with van der Waals surface area (Å²) in [5.74, 6) is 1.40. The highest BCUT2D eigenvalue weighted by atomic mass is 16.5. The molecule has 0 aromatic heterocycles. The van der Waals surface area contributed by atoms with E-state index in [1.165, 1.54) is 0 Å². The van der Waals surface area contributed by atoms with Gasteiger partial charge in [0.2, 0.25) is 0 Å². The van der Waals surface area contributed by atoms with E-state index >= 15 is 0 Å². The average molecular weight is 166 g/mol. The van der Waals surface area contributed by atoms with E-state index in [0.29, 0.717) is 24.7 Å². The first-order valence-electron chi connectivity index (χ1n) is 3.75. The quantitative estimate of drug-likeness (QED) is 0.720. The zero-order valence-corrected chi connectivity index (χ0v) is 7.04. The smallest absolute Gasteiger partial charge is 0.161 e. The summed E-state index contributed by atoms with van der Waals surface area (Å²) in [5.41, 5.74) is 5.29. The highest BCUT2D eigenvalue weighted by Crippen LogP contribution is 2.24. The van der Waals surface area contributed by atoms with Crippen LogP contribution in [-0.2, 0) is 0 Å². The van der Waals surface area contributed by atoms with Gasteiger partial charge in [0, 0.05) is 6.54 Å². The standard InChI is InChI=1S/C9H12NO2/c1-11-8-4-2-3-5-9(8)12-7-6-10/h2,4-5H,6-7,10H2,1H3. The van der Waals surface area contributed by atoms with Gasteiger partial charge in [-0.05, 0) is 18.2 Å². The van der Waals surface area contributed by atoms with E-state index in [2.05, 4.69) is 6.07 Å². The summed E-state index contributed by atoms with van der Waals surface area (Å²) in [6.45, 7) is 0.992. The van der Waals surface area contributed by atoms with Gasteiger partial charge in [0.25, 0.3) is 0 Å². The number of hydrogen-bond donors (Lipinski definition) is 1. The molecule has 12 heavy (non-hydrogen) atoms. The fraction of sp³-hybridized carbons (Fsp3) is 0.333. The molecule has 1 rings (SSSR count). The molecule has 0 aliphatic rings. The molecule has 1 aromatic rings. The summed E-state index contributed by atoms with van der Waals surface area (Å²) in [7, 11) is 1.60. The lowest BCUT2D eigenvalue weighted by molar-refractivity contribution is 0.302. The number of benzene rings is 1. The summed E-state index contributed by atoms with van der Waals surface area (Å²) in [6.07, 6.45) is 0. The first-order chi connectivity index (χ1) is 5.88. The Bertz CT molecular complexity index is 238. The van der Waals surface area contributed by atoms with Crippen molar-refractivity contribution in [3.63, 3.8) is 0 Å². The molecule has 1 radical (unpaired) electrons. The minimum absolute atomic E-state index is 0.494. The molecule has 0 amide bonds. The molecule has 1 aromatic carbocycles. The number of rotatable bonds is 4. The number of hydrogen-bond acceptors (Lipinski definition) is 3. The van der Waals surface area contributed by atoms with Crippen molar-refractivity contribution in [2.75, 3.05) is 20.3 Å². The Morgan fingerprint density at radius 1 is 1.50 bits per heavy atom. The minimum Gasteiger partial charge on any atom is -0.493 e. The van der Waals surface area contributed by atoms with E-state index in [0.717, 1.165) is 0 Å². The summed E-state index contributed by atoms with van der Waals surface area (Å²) >= 11 is 0. The van der Waals surface area contributed by atoms with E-state index in [9.17, 15) is 0 Å². The van der Waals surface area contributed by atoms with Crippen LogP contribution in [0.1, 0.15) is 0 Å². The topological polar surface area (TPSA) is 44.5 Å². The molecule has 0 unspecified atom stereocenters. The monoisotopic (exact) mass is 166 g/mol. The molecule has 0 aliphatic carbocycles. The SMILES string of the molecule is COc1cc[c]cc1OCCN. The van der Waals surface area contributed by atoms with Gasteiger partial charge in [-0.2, -0.15) is 0 Å². The van der Waals surface area contributed by atoms with Gasteiger partial charge in [0.05, 0.1) is 7.11 Å². The molecule has 0 bridgehead atoms. The van der Waals surface area contributed by atoms with Crippen LogP contribution in [0.4, 0.5) is 0 Å². The number of nitrogens with two attached hydrogens (primary N) is 1. The molecule has 65 valence electrons. The number of ether oxygens (including phenoxy) is 2. The van der Waals surface area contributed by atoms with Gasteiger partial charge in [0.15, 0.2) is 11.5 Å². The molecule has 2 N–H and O–H groups in total. The second kappa shape index (κ2) is 4.62. The van der Waals surface area contributed by atoms with Crippen LogP contribution in [-0.4, -0.2) is 20.3 Å². The third kappa shape index (κ3) is 2.13. The van der Waals surface area contributed by atoms with Crippen molar-refractivity contribution in [2.24, 2.45) is 5.73 Å². The lowest BCUT2D eigenvalue weighted by atomic mass is 10.3. The fourth-order valence-electron chi connectivity index (χ4n) is 0.851. The van der Waals surface area contributed by atoms with Gasteiger partial charge < -0.3 is 15.2 Å². The largest absolute Gasteiger partial charge is 0.493 e. The highest BCUT2D eigenvalue weighted by molar-refractivity contribution is 5.38. The normalized spacial score (nSPS) is 9.50. The van der Waals surface area contributed by atoms with Gasteiger partial charge in [0.1, 0.15) is 6.61 Å². The van der Waals surface area contributed by atoms with E-state index in [1.807, 2.05) is 0 Å². The molecule has 0 heterocycles. The second-order valence-corrected chi connectivity index (χ2v) is 2.21. The van der Waals surface area contributed by atoms with Crippen LogP contribution < -0.4 is 15.2 Å². The summed E-state index contributed by atoms with van der Waals surface area (Å²) < 4.78 is 10.4. The van der Waals surface area contributed by atoms with Crippen LogP contribution in [0.15, 0.2) is 18.2 Å². The molecule has 0 spiro atoms. The Labute approximate surface area is 72.1 Å². The Balaban J connectivity index is 2.68. The molecular weight excluding hydrogens is 154 g/mol. The van der Waals surface area contributed by atoms with Crippen LogP contribution >= 0.6 is 0 Å². The summed E-state index contributed by atoms with van der Waals surface area (Å²) in [4.78, 5) is 0. The van der Waals surface area contributed by atoms with Crippen molar-refractivity contribution in [1.82, 2.24) is 0 Å². The van der Waals surface area contributed by atoms with Gasteiger partial charge in [-0.3, -0.25) is 0 Å². The highest BCUT2D eigenvalue weighted by Gasteiger charge is 2.00. The van der Waals surface area contributed by atoms with Gasteiger partial charge in [-0.15, -0.1) is 0 Å². The fourth-order valence-corrected chi connectivity index (χ4v) is 0.851. The van der Waals surface area contributed by atoms with E-state index in [1.54, 1.807) is 25.3 Å². The maximum atomic E-state index is 5.30. The molecule has 3 heteroatoms. The molecule has 0 saturated carbocycles. The van der Waals surface area contributed by atoms with Crippen molar-refractivity contribution in [3.05, 3.63) is 24.3 Å². The van der Waals surface area contributed by atoms with E-state index in [-0.39, 0.29) is 0 Å². The van der Waals surface area contributed by atoms with Crippen LogP contribution in [0.25, 0.3) is 0 Å². The first kappa shape index (κ1) is 8.87. The van der Waals surface area contributed by atoms with Gasteiger partial charge in [-0.1, -0.05) is 6.07 Å². The molecule has 3 nitrogen and oxygen atoms in total. The van der Waals surface area contributed by atoms with Gasteiger partial charge >= 0.3 is 0 Å². The third-order valence-corrected chi connectivity index (χ3v) is 1.38. The van der Waals surface area contributed by atoms with Crippen molar-refractivity contribution in [3.8, 4) is 11.5 Å². The summed E-state index contributed by atoms with van der Waals surface area (Å²) in [6, 6.07) is 8.20. The van der Waals surface area contributed by atoms with Crippen LogP contribution in [0.2, 0.25) is 0 Å². The van der Waals surface area contributed by atoms with Crippen LogP contribution in [0.5, 0.6) is 11.5 Å². The second-order valence-electron chi connectivity index (χ2n) is 2.21. The molecule has 0 aliphatic heterocycles. The Morgan fingerprint density at radius 3 is 3.00 bits per heavy atom. The predicted octanol–water partition coefficient (Wildman–Crippen LogP) is 0.833. The lowest BCUT2D eigenvalue weighted by Crippen LogP contribution is -2.10. The Hall–Kier alpha value is -1.22. The van der Waals surface area contributed by atoms with E-state index in [4.69, 9.17) is 15.2 Å². The van der Waals surface area contributed by atoms with Crippen LogP contribution in [0, 0.1) is 6.07 Å². The molecule has 0 saturated heterocycles. The minimum atomic E-state index is 0.494. The first-order valence-corrected chi connectivity index (χ1v) is 3.75. The Morgan fingerprint density at radius 2 is 2.33 bits per heavy atom. The maximum Gasteiger partial charge on any atom is 0.161 e. The molecule has 0 fully saturated rings. The number of methoxy groups -OCH3 is 1.